The number of aromatic nitrogens is 2. The fourth-order valence-electron chi connectivity index (χ4n) is 2.45. The molecular formula is C18H15BrClN3O3. The maximum atomic E-state index is 12.5. The molecule has 2 aromatic carbocycles. The van der Waals surface area contributed by atoms with E-state index in [9.17, 15) is 9.59 Å². The van der Waals surface area contributed by atoms with E-state index in [1.54, 1.807) is 36.0 Å². The Morgan fingerprint density at radius 2 is 1.81 bits per heavy atom. The van der Waals surface area contributed by atoms with Gasteiger partial charge in [0.2, 0.25) is 0 Å². The van der Waals surface area contributed by atoms with Crippen molar-refractivity contribution in [3.05, 3.63) is 80.1 Å². The maximum Gasteiger partial charge on any atom is 0.412 e. The van der Waals surface area contributed by atoms with E-state index < -0.39 is 6.09 Å². The molecule has 1 heterocycles. The van der Waals surface area contributed by atoms with Crippen molar-refractivity contribution in [2.75, 3.05) is 5.32 Å². The second-order valence-electron chi connectivity index (χ2n) is 5.44. The molecule has 0 radical (unpaired) electrons. The fourth-order valence-corrected chi connectivity index (χ4v) is 3.12. The zero-order valence-electron chi connectivity index (χ0n) is 13.8. The first-order chi connectivity index (χ1) is 12.5. The molecular weight excluding hydrogens is 422 g/mol. The third kappa shape index (κ3) is 3.84. The number of nitrogens with one attached hydrogen (secondary N) is 1. The molecule has 1 N–H and O–H groups in total. The lowest BCUT2D eigenvalue weighted by molar-refractivity contribution is 0.151. The Hall–Kier alpha value is -2.51. The van der Waals surface area contributed by atoms with Crippen molar-refractivity contribution in [2.45, 2.75) is 6.61 Å². The van der Waals surface area contributed by atoms with E-state index in [2.05, 4.69) is 21.2 Å². The van der Waals surface area contributed by atoms with E-state index in [-0.39, 0.29) is 12.2 Å². The van der Waals surface area contributed by atoms with Crippen molar-refractivity contribution in [3.8, 4) is 5.69 Å². The lowest BCUT2D eigenvalue weighted by Crippen LogP contribution is -2.20. The van der Waals surface area contributed by atoms with Gasteiger partial charge in [-0.2, -0.15) is 0 Å². The predicted molar refractivity (Wildman–Crippen MR) is 104 cm³/mol. The third-order valence-electron chi connectivity index (χ3n) is 3.76. The topological polar surface area (TPSA) is 65.3 Å². The molecule has 0 aliphatic heterocycles. The van der Waals surface area contributed by atoms with Crippen LogP contribution in [0.15, 0.2) is 63.9 Å². The number of hydrogen-bond donors (Lipinski definition) is 1. The van der Waals surface area contributed by atoms with Crippen LogP contribution in [0.1, 0.15) is 5.69 Å². The van der Waals surface area contributed by atoms with Gasteiger partial charge in [0.1, 0.15) is 11.1 Å². The number of rotatable bonds is 4. The number of carbonyl (C=O) groups excluding carboxylic acids is 1. The van der Waals surface area contributed by atoms with Crippen LogP contribution in [-0.2, 0) is 18.4 Å². The minimum absolute atomic E-state index is 0.0639. The van der Waals surface area contributed by atoms with Crippen molar-refractivity contribution >= 4 is 39.3 Å². The van der Waals surface area contributed by atoms with Gasteiger partial charge in [-0.3, -0.25) is 14.8 Å². The van der Waals surface area contributed by atoms with Crippen LogP contribution in [0.3, 0.4) is 0 Å². The lowest BCUT2D eigenvalue weighted by Gasteiger charge is -2.11. The minimum atomic E-state index is -0.626. The number of amides is 1. The van der Waals surface area contributed by atoms with Crippen molar-refractivity contribution in [1.82, 2.24) is 9.36 Å². The number of nitrogens with zero attached hydrogens (tertiary/aromatic N) is 2. The van der Waals surface area contributed by atoms with E-state index in [0.717, 1.165) is 5.69 Å². The second kappa shape index (κ2) is 7.80. The monoisotopic (exact) mass is 435 g/mol. The van der Waals surface area contributed by atoms with Gasteiger partial charge in [0, 0.05) is 17.8 Å². The highest BCUT2D eigenvalue weighted by molar-refractivity contribution is 9.10. The predicted octanol–water partition coefficient (Wildman–Crippen LogP) is 4.34. The van der Waals surface area contributed by atoms with Gasteiger partial charge in [0.15, 0.2) is 0 Å². The molecule has 0 aliphatic carbocycles. The largest absolute Gasteiger partial charge is 0.443 e. The molecule has 26 heavy (non-hydrogen) atoms. The van der Waals surface area contributed by atoms with Crippen molar-refractivity contribution in [3.63, 3.8) is 0 Å². The number of carbonyl (C=O) groups is 1. The average Bonchev–Trinajstić information content (AvgIpc) is 2.85. The quantitative estimate of drug-likeness (QED) is 0.661. The summed E-state index contributed by atoms with van der Waals surface area (Å²) in [6, 6.07) is 15.9. The Bertz CT molecular complexity index is 981. The van der Waals surface area contributed by atoms with Gasteiger partial charge in [-0.25, -0.2) is 9.48 Å². The summed E-state index contributed by atoms with van der Waals surface area (Å²) in [5.74, 6) is 0. The van der Waals surface area contributed by atoms with Gasteiger partial charge in [0.25, 0.3) is 5.56 Å². The van der Waals surface area contributed by atoms with Crippen molar-refractivity contribution in [2.24, 2.45) is 7.05 Å². The van der Waals surface area contributed by atoms with Crippen LogP contribution >= 0.6 is 27.5 Å². The maximum absolute atomic E-state index is 12.5. The Kier molecular flexibility index (Phi) is 5.49. The van der Waals surface area contributed by atoms with Crippen LogP contribution in [-0.4, -0.2) is 15.5 Å². The molecule has 6 nitrogen and oxygen atoms in total. The first-order valence-corrected chi connectivity index (χ1v) is 8.85. The molecule has 3 rings (SSSR count). The normalized spacial score (nSPS) is 10.6. The Labute approximate surface area is 163 Å². The van der Waals surface area contributed by atoms with Gasteiger partial charge in [-0.1, -0.05) is 29.8 Å². The second-order valence-corrected chi connectivity index (χ2v) is 6.67. The zero-order valence-corrected chi connectivity index (χ0v) is 16.1. The molecule has 1 amide bonds. The molecule has 0 unspecified atom stereocenters. The molecule has 1 aromatic heterocycles. The van der Waals surface area contributed by atoms with Crippen LogP contribution in [0.5, 0.6) is 0 Å². The van der Waals surface area contributed by atoms with E-state index in [0.29, 0.717) is 20.9 Å². The summed E-state index contributed by atoms with van der Waals surface area (Å²) in [6.45, 7) is -0.0639. The van der Waals surface area contributed by atoms with Gasteiger partial charge in [-0.05, 0) is 52.3 Å². The van der Waals surface area contributed by atoms with Crippen LogP contribution in [0, 0.1) is 0 Å². The number of anilines is 1. The molecule has 8 heteroatoms. The summed E-state index contributed by atoms with van der Waals surface area (Å²) < 4.78 is 8.74. The first-order valence-electron chi connectivity index (χ1n) is 7.68. The van der Waals surface area contributed by atoms with Crippen molar-refractivity contribution < 1.29 is 9.53 Å². The molecule has 0 aliphatic rings. The summed E-state index contributed by atoms with van der Waals surface area (Å²) in [7, 11) is 1.73. The van der Waals surface area contributed by atoms with E-state index in [1.165, 1.54) is 4.68 Å². The summed E-state index contributed by atoms with van der Waals surface area (Å²) >= 11 is 9.10. The van der Waals surface area contributed by atoms with Crippen molar-refractivity contribution in [1.29, 1.82) is 0 Å². The number of ether oxygens (including phenoxy) is 1. The van der Waals surface area contributed by atoms with Gasteiger partial charge < -0.3 is 4.74 Å². The van der Waals surface area contributed by atoms with Gasteiger partial charge in [-0.15, -0.1) is 0 Å². The van der Waals surface area contributed by atoms with E-state index in [1.807, 2.05) is 30.3 Å². The SMILES string of the molecule is Cn1c(COC(=O)Nc2ccc(Cl)cc2)c(Br)c(=O)n1-c1ccccc1. The summed E-state index contributed by atoms with van der Waals surface area (Å²) in [5, 5.41) is 3.18. The molecule has 0 saturated carbocycles. The summed E-state index contributed by atoms with van der Waals surface area (Å²) in [6.07, 6.45) is -0.626. The highest BCUT2D eigenvalue weighted by Gasteiger charge is 2.18. The molecule has 134 valence electrons. The van der Waals surface area contributed by atoms with E-state index in [4.69, 9.17) is 16.3 Å². The first kappa shape index (κ1) is 18.3. The van der Waals surface area contributed by atoms with E-state index >= 15 is 0 Å². The minimum Gasteiger partial charge on any atom is -0.443 e. The Morgan fingerprint density at radius 3 is 2.46 bits per heavy atom. The molecule has 0 bridgehead atoms. The van der Waals surface area contributed by atoms with Crippen LogP contribution in [0.4, 0.5) is 10.5 Å². The van der Waals surface area contributed by atoms with Crippen LogP contribution < -0.4 is 10.9 Å². The highest BCUT2D eigenvalue weighted by Crippen LogP contribution is 2.18. The Morgan fingerprint density at radius 1 is 1.15 bits per heavy atom. The number of benzene rings is 2. The third-order valence-corrected chi connectivity index (χ3v) is 4.80. The standard InChI is InChI=1S/C18H15BrClN3O3/c1-22-15(11-26-18(25)21-13-9-7-12(20)8-10-13)16(19)17(24)23(22)14-5-3-2-4-6-14/h2-10H,11H2,1H3,(H,21,25). The molecule has 0 saturated heterocycles. The van der Waals surface area contributed by atoms with Gasteiger partial charge in [0.05, 0.1) is 11.4 Å². The average molecular weight is 437 g/mol. The van der Waals surface area contributed by atoms with Crippen LogP contribution in [0.2, 0.25) is 5.02 Å². The number of halogens is 2. The zero-order chi connectivity index (χ0) is 18.7. The molecule has 0 atom stereocenters. The number of hydrogen-bond acceptors (Lipinski definition) is 3. The lowest BCUT2D eigenvalue weighted by atomic mass is 10.3. The molecule has 3 aromatic rings. The van der Waals surface area contributed by atoms with Gasteiger partial charge >= 0.3 is 6.09 Å². The molecule has 0 spiro atoms. The van der Waals surface area contributed by atoms with Crippen LogP contribution in [0.25, 0.3) is 5.69 Å². The smallest absolute Gasteiger partial charge is 0.412 e. The number of para-hydroxylation sites is 1. The molecule has 0 fully saturated rings. The Balaban J connectivity index is 1.75. The summed E-state index contributed by atoms with van der Waals surface area (Å²) in [5.41, 5.74) is 1.60. The highest BCUT2D eigenvalue weighted by atomic mass is 79.9. The fraction of sp³-hybridized carbons (Fsp3) is 0.111. The summed E-state index contributed by atoms with van der Waals surface area (Å²) in [4.78, 5) is 24.5.